The summed E-state index contributed by atoms with van der Waals surface area (Å²) in [5.41, 5.74) is 1.73. The fourth-order valence-electron chi connectivity index (χ4n) is 15.5. The van der Waals surface area contributed by atoms with Crippen LogP contribution >= 0.6 is 0 Å². The predicted octanol–water partition coefficient (Wildman–Crippen LogP) is 3.77. The molecule has 0 heterocycles. The molecule has 10 aliphatic carbocycles. The van der Waals surface area contributed by atoms with Crippen molar-refractivity contribution in [3.63, 3.8) is 0 Å². The summed E-state index contributed by atoms with van der Waals surface area (Å²) in [5, 5.41) is 0. The average Bonchev–Trinajstić information content (AvgIpc) is 3.16. The van der Waals surface area contributed by atoms with Gasteiger partial charge in [0.25, 0.3) is 0 Å². The minimum absolute atomic E-state index is 0.863. The van der Waals surface area contributed by atoms with Gasteiger partial charge in [0.15, 0.2) is 0 Å². The van der Waals surface area contributed by atoms with E-state index in [0.717, 1.165) is 10.8 Å². The maximum Gasteiger partial charge on any atom is -0.0224 e. The molecule has 0 bridgehead atoms. The summed E-state index contributed by atoms with van der Waals surface area (Å²) < 4.78 is 0. The van der Waals surface area contributed by atoms with Gasteiger partial charge in [-0.15, -0.1) is 0 Å². The van der Waals surface area contributed by atoms with Gasteiger partial charge in [-0.1, -0.05) is 13.8 Å². The smallest absolute Gasteiger partial charge is 0.0224 e. The minimum Gasteiger partial charge on any atom is -0.0588 e. The molecule has 0 aromatic rings. The number of fused-ring (bicyclic) bond motifs is 4. The second-order valence-corrected chi connectivity index (χ2v) is 12.5. The van der Waals surface area contributed by atoms with E-state index in [1.54, 1.807) is 12.8 Å². The van der Waals surface area contributed by atoms with Crippen LogP contribution < -0.4 is 0 Å². The lowest BCUT2D eigenvalue weighted by molar-refractivity contribution is 0.0391. The van der Waals surface area contributed by atoms with Crippen LogP contribution in [0.2, 0.25) is 0 Å². The Morgan fingerprint density at radius 1 is 0.455 bits per heavy atom. The fourth-order valence-corrected chi connectivity index (χ4v) is 15.5. The van der Waals surface area contributed by atoms with Crippen LogP contribution in [0.3, 0.4) is 0 Å². The first-order valence-corrected chi connectivity index (χ1v) is 10.7. The standard InChI is InChI=1S/C22H26/c1-21-15-5-3-7-11-9(5)17(21)13-14-18(21)10-6(15)4-8-12(10)20(14)22(2,16(7)8)19(11)13/h5-20H,3-4H2,1-2H3/t5-,6-,7-,8+,9-,10+,11-,12-,13?,14?,15?,16?,17+,18-,19-,20+,21?,22?/m1/s1. The molecule has 0 aromatic heterocycles. The highest BCUT2D eigenvalue weighted by molar-refractivity contribution is 5.44. The Bertz CT molecular complexity index is 624. The second kappa shape index (κ2) is 2.19. The monoisotopic (exact) mass is 290 g/mol. The molecule has 0 aromatic carbocycles. The van der Waals surface area contributed by atoms with Gasteiger partial charge < -0.3 is 0 Å². The molecule has 10 rings (SSSR count). The summed E-state index contributed by atoms with van der Waals surface area (Å²) in [5.74, 6) is 19.9. The fraction of sp³-hybridized carbons (Fsp3) is 1.00. The van der Waals surface area contributed by atoms with Crippen molar-refractivity contribution < 1.29 is 0 Å². The Morgan fingerprint density at radius 3 is 1.09 bits per heavy atom. The second-order valence-electron chi connectivity index (χ2n) is 12.5. The average molecular weight is 290 g/mol. The van der Waals surface area contributed by atoms with Gasteiger partial charge in [0.2, 0.25) is 0 Å². The summed E-state index contributed by atoms with van der Waals surface area (Å²) in [7, 11) is 0. The summed E-state index contributed by atoms with van der Waals surface area (Å²) >= 11 is 0. The quantitative estimate of drug-likeness (QED) is 0.637. The van der Waals surface area contributed by atoms with E-state index in [1.165, 1.54) is 94.7 Å². The molecular weight excluding hydrogens is 264 g/mol. The highest BCUT2D eigenvalue weighted by atomic mass is 15.0. The summed E-state index contributed by atoms with van der Waals surface area (Å²) in [6, 6.07) is 0. The minimum atomic E-state index is 0.863. The Morgan fingerprint density at radius 2 is 0.773 bits per heavy atom. The van der Waals surface area contributed by atoms with E-state index in [0.29, 0.717) is 0 Å². The summed E-state index contributed by atoms with van der Waals surface area (Å²) in [6.07, 6.45) is 3.46. The lowest BCUT2D eigenvalue weighted by atomic mass is 9.61. The highest BCUT2D eigenvalue weighted by Gasteiger charge is 2.97. The van der Waals surface area contributed by atoms with Crippen molar-refractivity contribution in [3.8, 4) is 0 Å². The van der Waals surface area contributed by atoms with Gasteiger partial charge in [-0.25, -0.2) is 0 Å². The van der Waals surface area contributed by atoms with E-state index in [9.17, 15) is 0 Å². The molecule has 0 heteroatoms. The number of rotatable bonds is 0. The molecule has 18 atom stereocenters. The van der Waals surface area contributed by atoms with Crippen LogP contribution in [-0.2, 0) is 0 Å². The van der Waals surface area contributed by atoms with E-state index in [1.807, 2.05) is 0 Å². The van der Waals surface area contributed by atoms with Crippen molar-refractivity contribution in [3.05, 3.63) is 0 Å². The van der Waals surface area contributed by atoms with E-state index >= 15 is 0 Å². The lowest BCUT2D eigenvalue weighted by Gasteiger charge is -2.43. The van der Waals surface area contributed by atoms with E-state index in [2.05, 4.69) is 13.8 Å². The molecule has 6 unspecified atom stereocenters. The molecule has 114 valence electrons. The van der Waals surface area contributed by atoms with Crippen molar-refractivity contribution >= 4 is 0 Å². The third-order valence-corrected chi connectivity index (χ3v) is 13.9. The Hall–Kier alpha value is 0. The van der Waals surface area contributed by atoms with E-state index in [4.69, 9.17) is 0 Å². The summed E-state index contributed by atoms with van der Waals surface area (Å²) in [4.78, 5) is 0. The Kier molecular flexibility index (Phi) is 1.00. The van der Waals surface area contributed by atoms with Crippen molar-refractivity contribution in [1.29, 1.82) is 0 Å². The molecule has 0 radical (unpaired) electrons. The van der Waals surface area contributed by atoms with Gasteiger partial charge in [0.1, 0.15) is 0 Å². The number of hydrogen-bond acceptors (Lipinski definition) is 0. The van der Waals surface area contributed by atoms with Crippen LogP contribution in [0.4, 0.5) is 0 Å². The van der Waals surface area contributed by atoms with Crippen LogP contribution in [-0.4, -0.2) is 0 Å². The van der Waals surface area contributed by atoms with Crippen LogP contribution in [0.5, 0.6) is 0 Å². The van der Waals surface area contributed by atoms with Gasteiger partial charge >= 0.3 is 0 Å². The van der Waals surface area contributed by atoms with Crippen molar-refractivity contribution in [2.45, 2.75) is 26.7 Å². The molecule has 22 heavy (non-hydrogen) atoms. The van der Waals surface area contributed by atoms with Crippen LogP contribution in [0.15, 0.2) is 0 Å². The van der Waals surface area contributed by atoms with Gasteiger partial charge in [-0.05, 0) is 118 Å². The van der Waals surface area contributed by atoms with Crippen molar-refractivity contribution in [2.24, 2.45) is 106 Å². The van der Waals surface area contributed by atoms with Crippen molar-refractivity contribution in [2.75, 3.05) is 0 Å². The topological polar surface area (TPSA) is 0 Å². The number of hydrogen-bond donors (Lipinski definition) is 0. The van der Waals surface area contributed by atoms with Gasteiger partial charge in [-0.2, -0.15) is 0 Å². The first-order chi connectivity index (χ1) is 10.7. The van der Waals surface area contributed by atoms with Crippen LogP contribution in [0.25, 0.3) is 0 Å². The first-order valence-electron chi connectivity index (χ1n) is 10.7. The largest absolute Gasteiger partial charge is 0.0588 e. The first kappa shape index (κ1) is 10.1. The Labute approximate surface area is 132 Å². The third-order valence-electron chi connectivity index (χ3n) is 13.9. The molecule has 10 aliphatic rings. The van der Waals surface area contributed by atoms with Crippen molar-refractivity contribution in [1.82, 2.24) is 0 Å². The van der Waals surface area contributed by atoms with E-state index < -0.39 is 0 Å². The van der Waals surface area contributed by atoms with Crippen LogP contribution in [0.1, 0.15) is 26.7 Å². The summed E-state index contributed by atoms with van der Waals surface area (Å²) in [6.45, 7) is 5.76. The molecule has 0 saturated heterocycles. The molecule has 10 fully saturated rings. The zero-order valence-electron chi connectivity index (χ0n) is 13.7. The molecule has 0 N–H and O–H groups in total. The SMILES string of the molecule is CC12C3[C@@H]4C[C@H]5C6[C@H]7C[C@@H]3[C@H]3[C@@H]7[C@H]7C(C8[C@@H]1[C@H]4[C@@H]5[C@H]8C67C)[C@@H]32. The van der Waals surface area contributed by atoms with Crippen LogP contribution in [0, 0.1) is 106 Å². The maximum atomic E-state index is 2.88. The zero-order valence-corrected chi connectivity index (χ0v) is 13.7. The normalized spacial score (nSPS) is 98.5. The maximum absolute atomic E-state index is 2.88. The van der Waals surface area contributed by atoms with Gasteiger partial charge in [-0.3, -0.25) is 0 Å². The predicted molar refractivity (Wildman–Crippen MR) is 81.3 cm³/mol. The molecule has 0 amide bonds. The zero-order chi connectivity index (χ0) is 13.7. The van der Waals surface area contributed by atoms with Gasteiger partial charge in [0, 0.05) is 0 Å². The van der Waals surface area contributed by atoms with E-state index in [-0.39, 0.29) is 0 Å². The lowest BCUT2D eigenvalue weighted by Crippen LogP contribution is -2.39. The molecular formula is C22H26. The van der Waals surface area contributed by atoms with Gasteiger partial charge in [0.05, 0.1) is 0 Å². The third kappa shape index (κ3) is 0.501. The Balaban J connectivity index is 1.50. The molecule has 0 nitrogen and oxygen atoms in total. The molecule has 0 spiro atoms. The molecule has 10 saturated carbocycles. The molecule has 0 aliphatic heterocycles. The highest BCUT2D eigenvalue weighted by Crippen LogP contribution is 3.01.